The molecule has 0 bridgehead atoms. The molecule has 2 rings (SSSR count). The van der Waals surface area contributed by atoms with Crippen molar-refractivity contribution in [2.24, 2.45) is 11.7 Å². The van der Waals surface area contributed by atoms with Crippen molar-refractivity contribution in [2.45, 2.75) is 0 Å². The van der Waals surface area contributed by atoms with E-state index >= 15 is 0 Å². The molecule has 1 atom stereocenters. The lowest BCUT2D eigenvalue weighted by molar-refractivity contribution is 0.280. The number of nitrogens with two attached hydrogens (primary N) is 1. The van der Waals surface area contributed by atoms with Crippen molar-refractivity contribution in [3.8, 4) is 5.75 Å². The van der Waals surface area contributed by atoms with Gasteiger partial charge in [-0.25, -0.2) is 0 Å². The first kappa shape index (κ1) is 10.2. The van der Waals surface area contributed by atoms with Crippen molar-refractivity contribution in [1.82, 2.24) is 5.32 Å². The van der Waals surface area contributed by atoms with Crippen LogP contribution in [0.15, 0.2) is 36.2 Å². The summed E-state index contributed by atoms with van der Waals surface area (Å²) in [5.41, 5.74) is 5.59. The van der Waals surface area contributed by atoms with Crippen LogP contribution in [-0.4, -0.2) is 13.2 Å². The summed E-state index contributed by atoms with van der Waals surface area (Å²) in [4.78, 5) is 0. The van der Waals surface area contributed by atoms with E-state index in [1.807, 2.05) is 24.3 Å². The second kappa shape index (κ2) is 4.45. The molecular weight excluding hydrogens is 212 g/mol. The molecule has 0 fully saturated rings. The van der Waals surface area contributed by atoms with Crippen LogP contribution in [-0.2, 0) is 0 Å². The Hall–Kier alpha value is -1.35. The highest BCUT2D eigenvalue weighted by molar-refractivity contribution is 6.30. The molecule has 1 aromatic rings. The van der Waals surface area contributed by atoms with Gasteiger partial charge >= 0.3 is 0 Å². The Labute approximate surface area is 93.9 Å². The first-order chi connectivity index (χ1) is 7.24. The average molecular weight is 225 g/mol. The van der Waals surface area contributed by atoms with E-state index in [0.29, 0.717) is 17.5 Å². The summed E-state index contributed by atoms with van der Waals surface area (Å²) in [6.07, 6.45) is 1.98. The Morgan fingerprint density at radius 2 is 2.40 bits per heavy atom. The monoisotopic (exact) mass is 224 g/mol. The summed E-state index contributed by atoms with van der Waals surface area (Å²) in [5, 5.41) is 3.74. The molecule has 4 heteroatoms. The van der Waals surface area contributed by atoms with Gasteiger partial charge in [-0.05, 0) is 24.3 Å². The molecule has 0 radical (unpaired) electrons. The minimum Gasteiger partial charge on any atom is -0.493 e. The summed E-state index contributed by atoms with van der Waals surface area (Å²) < 4.78 is 5.59. The third-order valence-corrected chi connectivity index (χ3v) is 2.48. The highest BCUT2D eigenvalue weighted by Crippen LogP contribution is 2.18. The highest BCUT2D eigenvalue weighted by atomic mass is 35.5. The SMILES string of the molecule is NC1=C[C@H](COc2cccc(Cl)c2)CN1. The lowest BCUT2D eigenvalue weighted by atomic mass is 10.2. The van der Waals surface area contributed by atoms with Crippen LogP contribution in [0.1, 0.15) is 0 Å². The summed E-state index contributed by atoms with van der Waals surface area (Å²) in [7, 11) is 0. The minimum absolute atomic E-state index is 0.337. The molecule has 0 aromatic heterocycles. The van der Waals surface area contributed by atoms with Crippen molar-refractivity contribution >= 4 is 11.6 Å². The van der Waals surface area contributed by atoms with Crippen LogP contribution in [0.25, 0.3) is 0 Å². The standard InChI is InChI=1S/C11H13ClN2O/c12-9-2-1-3-10(5-9)15-7-8-4-11(13)14-6-8/h1-5,8,14H,6-7,13H2/t8-/m0/s1. The Bertz CT molecular complexity index is 379. The lowest BCUT2D eigenvalue weighted by Gasteiger charge is -2.09. The zero-order valence-corrected chi connectivity index (χ0v) is 9.00. The second-order valence-electron chi connectivity index (χ2n) is 3.53. The van der Waals surface area contributed by atoms with E-state index in [0.717, 1.165) is 18.1 Å². The fourth-order valence-corrected chi connectivity index (χ4v) is 1.67. The molecule has 0 spiro atoms. The van der Waals surface area contributed by atoms with Gasteiger partial charge in [-0.2, -0.15) is 0 Å². The number of nitrogens with one attached hydrogen (secondary N) is 1. The quantitative estimate of drug-likeness (QED) is 0.822. The fourth-order valence-electron chi connectivity index (χ4n) is 1.49. The first-order valence-electron chi connectivity index (χ1n) is 4.83. The maximum Gasteiger partial charge on any atom is 0.120 e. The molecule has 0 saturated heterocycles. The normalized spacial score (nSPS) is 19.5. The number of halogens is 1. The topological polar surface area (TPSA) is 47.3 Å². The molecular formula is C11H13ClN2O. The largest absolute Gasteiger partial charge is 0.493 e. The zero-order valence-electron chi connectivity index (χ0n) is 8.24. The number of rotatable bonds is 3. The van der Waals surface area contributed by atoms with Gasteiger partial charge in [0, 0.05) is 17.5 Å². The molecule has 0 amide bonds. The van der Waals surface area contributed by atoms with Gasteiger partial charge in [0.25, 0.3) is 0 Å². The molecule has 15 heavy (non-hydrogen) atoms. The molecule has 0 aliphatic carbocycles. The van der Waals surface area contributed by atoms with Gasteiger partial charge in [0.15, 0.2) is 0 Å². The third-order valence-electron chi connectivity index (χ3n) is 2.24. The van der Waals surface area contributed by atoms with Crippen molar-refractivity contribution in [2.75, 3.05) is 13.2 Å². The average Bonchev–Trinajstić information content (AvgIpc) is 2.62. The van der Waals surface area contributed by atoms with Gasteiger partial charge < -0.3 is 15.8 Å². The number of benzene rings is 1. The van der Waals surface area contributed by atoms with Crippen molar-refractivity contribution in [3.63, 3.8) is 0 Å². The maximum absolute atomic E-state index is 5.84. The van der Waals surface area contributed by atoms with Gasteiger partial charge in [0.2, 0.25) is 0 Å². The molecule has 1 aliphatic heterocycles. The van der Waals surface area contributed by atoms with Crippen molar-refractivity contribution in [3.05, 3.63) is 41.2 Å². The van der Waals surface area contributed by atoms with Crippen LogP contribution in [0.3, 0.4) is 0 Å². The number of hydrogen-bond donors (Lipinski definition) is 2. The summed E-state index contributed by atoms with van der Waals surface area (Å²) in [6, 6.07) is 7.39. The van der Waals surface area contributed by atoms with Crippen LogP contribution < -0.4 is 15.8 Å². The van der Waals surface area contributed by atoms with Gasteiger partial charge in [-0.1, -0.05) is 17.7 Å². The van der Waals surface area contributed by atoms with Gasteiger partial charge in [0.05, 0.1) is 12.4 Å². The van der Waals surface area contributed by atoms with E-state index in [2.05, 4.69) is 5.32 Å². The van der Waals surface area contributed by atoms with Crippen LogP contribution in [0.2, 0.25) is 5.02 Å². The summed E-state index contributed by atoms with van der Waals surface area (Å²) in [6.45, 7) is 1.46. The van der Waals surface area contributed by atoms with Gasteiger partial charge in [-0.3, -0.25) is 0 Å². The molecule has 80 valence electrons. The Morgan fingerprint density at radius 3 is 3.07 bits per heavy atom. The van der Waals surface area contributed by atoms with Crippen LogP contribution in [0.5, 0.6) is 5.75 Å². The Balaban J connectivity index is 1.88. The molecule has 1 heterocycles. The molecule has 3 N–H and O–H groups in total. The van der Waals surface area contributed by atoms with E-state index in [1.54, 1.807) is 6.07 Å². The second-order valence-corrected chi connectivity index (χ2v) is 3.97. The first-order valence-corrected chi connectivity index (χ1v) is 5.21. The van der Waals surface area contributed by atoms with Crippen LogP contribution >= 0.6 is 11.6 Å². The molecule has 0 unspecified atom stereocenters. The van der Waals surface area contributed by atoms with Crippen LogP contribution in [0, 0.1) is 5.92 Å². The third kappa shape index (κ3) is 2.80. The number of hydrogen-bond acceptors (Lipinski definition) is 3. The van der Waals surface area contributed by atoms with Gasteiger partial charge in [0.1, 0.15) is 5.75 Å². The lowest BCUT2D eigenvalue weighted by Crippen LogP contribution is -2.19. The number of ether oxygens (including phenoxy) is 1. The van der Waals surface area contributed by atoms with Crippen molar-refractivity contribution < 1.29 is 4.74 Å². The van der Waals surface area contributed by atoms with Crippen molar-refractivity contribution in [1.29, 1.82) is 0 Å². The Morgan fingerprint density at radius 1 is 1.53 bits per heavy atom. The summed E-state index contributed by atoms with van der Waals surface area (Å²) in [5.74, 6) is 1.86. The highest BCUT2D eigenvalue weighted by Gasteiger charge is 2.13. The van der Waals surface area contributed by atoms with E-state index in [1.165, 1.54) is 0 Å². The smallest absolute Gasteiger partial charge is 0.120 e. The molecule has 3 nitrogen and oxygen atoms in total. The minimum atomic E-state index is 0.337. The van der Waals surface area contributed by atoms with E-state index < -0.39 is 0 Å². The fraction of sp³-hybridized carbons (Fsp3) is 0.273. The zero-order chi connectivity index (χ0) is 10.7. The van der Waals surface area contributed by atoms with Gasteiger partial charge in [-0.15, -0.1) is 0 Å². The Kier molecular flexibility index (Phi) is 3.02. The van der Waals surface area contributed by atoms with Crippen LogP contribution in [0.4, 0.5) is 0 Å². The van der Waals surface area contributed by atoms with E-state index in [9.17, 15) is 0 Å². The molecule has 1 aromatic carbocycles. The predicted molar refractivity (Wildman–Crippen MR) is 60.7 cm³/mol. The maximum atomic E-state index is 5.84. The van der Waals surface area contributed by atoms with E-state index in [4.69, 9.17) is 22.1 Å². The molecule has 1 aliphatic rings. The summed E-state index contributed by atoms with van der Waals surface area (Å²) >= 11 is 5.84. The van der Waals surface area contributed by atoms with E-state index in [-0.39, 0.29) is 0 Å². The predicted octanol–water partition coefficient (Wildman–Crippen LogP) is 1.74. The molecule has 0 saturated carbocycles.